The first-order valence-electron chi connectivity index (χ1n) is 9.78. The summed E-state index contributed by atoms with van der Waals surface area (Å²) < 4.78 is 11.1. The minimum atomic E-state index is -0.0685. The van der Waals surface area contributed by atoms with Gasteiger partial charge in [0.1, 0.15) is 17.5 Å². The van der Waals surface area contributed by atoms with Crippen LogP contribution in [-0.2, 0) is 4.79 Å². The van der Waals surface area contributed by atoms with E-state index in [0.29, 0.717) is 18.0 Å². The number of quaternary nitrogens is 1. The predicted molar refractivity (Wildman–Crippen MR) is 114 cm³/mol. The molecular formula is C24H27N2O3+. The maximum Gasteiger partial charge on any atom is 0.279 e. The lowest BCUT2D eigenvalue weighted by Crippen LogP contribution is -2.87. The topological polar surface area (TPSA) is 64.2 Å². The average molecular weight is 391 g/mol. The summed E-state index contributed by atoms with van der Waals surface area (Å²) in [4.78, 5) is 12.6. The number of hydrogen-bond acceptors (Lipinski definition) is 3. The molecule has 0 heterocycles. The van der Waals surface area contributed by atoms with Crippen LogP contribution in [0.4, 0.5) is 5.69 Å². The molecule has 0 aliphatic heterocycles. The summed E-state index contributed by atoms with van der Waals surface area (Å²) in [6.07, 6.45) is 0.924. The number of carbonyl (C=O) groups is 1. The smallest absolute Gasteiger partial charge is 0.279 e. The highest BCUT2D eigenvalue weighted by Gasteiger charge is 2.16. The second-order valence-corrected chi connectivity index (χ2v) is 6.69. The van der Waals surface area contributed by atoms with Gasteiger partial charge in [-0.3, -0.25) is 4.79 Å². The van der Waals surface area contributed by atoms with Crippen molar-refractivity contribution in [1.29, 1.82) is 0 Å². The molecule has 29 heavy (non-hydrogen) atoms. The largest absolute Gasteiger partial charge is 0.497 e. The van der Waals surface area contributed by atoms with Crippen LogP contribution < -0.4 is 20.1 Å². The van der Waals surface area contributed by atoms with Crippen molar-refractivity contribution in [3.05, 3.63) is 84.4 Å². The molecule has 5 nitrogen and oxygen atoms in total. The number of ether oxygens (including phenoxy) is 2. The van der Waals surface area contributed by atoms with Crippen LogP contribution in [0.2, 0.25) is 0 Å². The molecule has 0 fully saturated rings. The van der Waals surface area contributed by atoms with Crippen molar-refractivity contribution in [3.8, 4) is 17.2 Å². The van der Waals surface area contributed by atoms with Crippen LogP contribution in [0.25, 0.3) is 0 Å². The van der Waals surface area contributed by atoms with Crippen molar-refractivity contribution in [2.45, 2.75) is 19.4 Å². The number of hydrogen-bond donors (Lipinski definition) is 2. The lowest BCUT2D eigenvalue weighted by molar-refractivity contribution is -0.686. The highest BCUT2D eigenvalue weighted by atomic mass is 16.5. The molecule has 3 aromatic carbocycles. The Hall–Kier alpha value is -3.31. The van der Waals surface area contributed by atoms with Gasteiger partial charge < -0.3 is 20.1 Å². The molecule has 150 valence electrons. The van der Waals surface area contributed by atoms with Gasteiger partial charge in [0.2, 0.25) is 0 Å². The van der Waals surface area contributed by atoms with E-state index in [1.807, 2.05) is 78.9 Å². The molecule has 0 spiro atoms. The first kappa shape index (κ1) is 20.4. The molecule has 0 aromatic heterocycles. The predicted octanol–water partition coefficient (Wildman–Crippen LogP) is 4.14. The molecular weight excluding hydrogens is 364 g/mol. The maximum absolute atomic E-state index is 12.6. The van der Waals surface area contributed by atoms with E-state index in [0.717, 1.165) is 17.9 Å². The van der Waals surface area contributed by atoms with Crippen molar-refractivity contribution in [1.82, 2.24) is 0 Å². The summed E-state index contributed by atoms with van der Waals surface area (Å²) >= 11 is 0. The molecule has 0 aliphatic carbocycles. The fraction of sp³-hybridized carbons (Fsp3) is 0.208. The van der Waals surface area contributed by atoms with Gasteiger partial charge in [-0.05, 0) is 48.5 Å². The zero-order valence-corrected chi connectivity index (χ0v) is 16.8. The van der Waals surface area contributed by atoms with Gasteiger partial charge in [0.25, 0.3) is 5.91 Å². The van der Waals surface area contributed by atoms with Crippen LogP contribution >= 0.6 is 0 Å². The Bertz CT molecular complexity index is 911. The van der Waals surface area contributed by atoms with Crippen LogP contribution in [0.5, 0.6) is 17.2 Å². The zero-order chi connectivity index (χ0) is 20.5. The molecule has 3 N–H and O–H groups in total. The lowest BCUT2D eigenvalue weighted by atomic mass is 10.0. The van der Waals surface area contributed by atoms with E-state index in [1.165, 1.54) is 5.56 Å². The van der Waals surface area contributed by atoms with Gasteiger partial charge in [-0.25, -0.2) is 0 Å². The number of nitrogens with two attached hydrogens (primary N) is 1. The van der Waals surface area contributed by atoms with Crippen molar-refractivity contribution in [2.75, 3.05) is 19.0 Å². The molecule has 1 amide bonds. The Kier molecular flexibility index (Phi) is 7.25. The third-order valence-corrected chi connectivity index (χ3v) is 4.70. The van der Waals surface area contributed by atoms with Crippen molar-refractivity contribution in [3.63, 3.8) is 0 Å². The van der Waals surface area contributed by atoms with Crippen molar-refractivity contribution >= 4 is 11.6 Å². The third kappa shape index (κ3) is 5.83. The summed E-state index contributed by atoms with van der Waals surface area (Å²) in [5.74, 6) is 2.11. The monoisotopic (exact) mass is 391 g/mol. The number of methoxy groups -OCH3 is 1. The Balaban J connectivity index is 1.60. The Morgan fingerprint density at radius 1 is 0.931 bits per heavy atom. The number of para-hydroxylation sites is 3. The van der Waals surface area contributed by atoms with E-state index in [9.17, 15) is 4.79 Å². The Morgan fingerprint density at radius 2 is 1.62 bits per heavy atom. The van der Waals surface area contributed by atoms with E-state index < -0.39 is 0 Å². The zero-order valence-electron chi connectivity index (χ0n) is 16.8. The van der Waals surface area contributed by atoms with Crippen LogP contribution in [0.3, 0.4) is 0 Å². The number of rotatable bonds is 9. The summed E-state index contributed by atoms with van der Waals surface area (Å²) in [6.45, 7) is 2.44. The SMILES string of the molecule is CC[C@@H]([NH2+]CC(=O)Nc1ccccc1Oc1ccccc1)c1ccc(OC)cc1. The first-order valence-corrected chi connectivity index (χ1v) is 9.78. The van der Waals surface area contributed by atoms with Crippen molar-refractivity contribution < 1.29 is 19.6 Å². The number of carbonyl (C=O) groups excluding carboxylic acids is 1. The minimum absolute atomic E-state index is 0.0685. The summed E-state index contributed by atoms with van der Waals surface area (Å²) in [5, 5.41) is 5.02. The molecule has 0 bridgehead atoms. The molecule has 3 rings (SSSR count). The quantitative estimate of drug-likeness (QED) is 0.576. The number of amides is 1. The van der Waals surface area contributed by atoms with Gasteiger partial charge in [-0.2, -0.15) is 0 Å². The van der Waals surface area contributed by atoms with Crippen molar-refractivity contribution in [2.24, 2.45) is 0 Å². The van der Waals surface area contributed by atoms with E-state index in [2.05, 4.69) is 17.6 Å². The molecule has 0 radical (unpaired) electrons. The second-order valence-electron chi connectivity index (χ2n) is 6.69. The molecule has 0 saturated carbocycles. The summed E-state index contributed by atoms with van der Waals surface area (Å²) in [6, 6.07) is 25.2. The summed E-state index contributed by atoms with van der Waals surface area (Å²) in [7, 11) is 1.65. The molecule has 0 aliphatic rings. The van der Waals surface area contributed by atoms with E-state index in [-0.39, 0.29) is 11.9 Å². The van der Waals surface area contributed by atoms with E-state index in [4.69, 9.17) is 9.47 Å². The Morgan fingerprint density at radius 3 is 2.31 bits per heavy atom. The van der Waals surface area contributed by atoms with Gasteiger partial charge in [-0.1, -0.05) is 37.3 Å². The van der Waals surface area contributed by atoms with Crippen LogP contribution in [-0.4, -0.2) is 19.6 Å². The normalized spacial score (nSPS) is 11.5. The second kappa shape index (κ2) is 10.3. The fourth-order valence-electron chi connectivity index (χ4n) is 3.11. The first-order chi connectivity index (χ1) is 14.2. The third-order valence-electron chi connectivity index (χ3n) is 4.70. The maximum atomic E-state index is 12.6. The van der Waals surface area contributed by atoms with Gasteiger partial charge in [-0.15, -0.1) is 0 Å². The highest BCUT2D eigenvalue weighted by Crippen LogP contribution is 2.28. The number of nitrogens with one attached hydrogen (secondary N) is 1. The number of benzene rings is 3. The molecule has 0 saturated heterocycles. The fourth-order valence-corrected chi connectivity index (χ4v) is 3.11. The molecule has 0 unspecified atom stereocenters. The van der Waals surface area contributed by atoms with Gasteiger partial charge >= 0.3 is 0 Å². The highest BCUT2D eigenvalue weighted by molar-refractivity contribution is 5.92. The molecule has 1 atom stereocenters. The van der Waals surface area contributed by atoms with Crippen LogP contribution in [0.15, 0.2) is 78.9 Å². The van der Waals surface area contributed by atoms with Gasteiger partial charge in [0, 0.05) is 12.0 Å². The Labute approximate surface area is 171 Å². The minimum Gasteiger partial charge on any atom is -0.497 e. The number of anilines is 1. The van der Waals surface area contributed by atoms with E-state index >= 15 is 0 Å². The van der Waals surface area contributed by atoms with E-state index in [1.54, 1.807) is 7.11 Å². The molecule has 3 aromatic rings. The van der Waals surface area contributed by atoms with Gasteiger partial charge in [0.05, 0.1) is 12.8 Å². The van der Waals surface area contributed by atoms with Gasteiger partial charge in [0.15, 0.2) is 12.3 Å². The average Bonchev–Trinajstić information content (AvgIpc) is 2.77. The van der Waals surface area contributed by atoms with Crippen LogP contribution in [0.1, 0.15) is 24.9 Å². The molecule has 5 heteroatoms. The van der Waals surface area contributed by atoms with Crippen LogP contribution in [0, 0.1) is 0 Å². The lowest BCUT2D eigenvalue weighted by Gasteiger charge is -2.15. The standard InChI is InChI=1S/C24H26N2O3/c1-3-21(18-13-15-19(28-2)16-14-18)25-17-24(27)26-22-11-7-8-12-23(22)29-20-9-5-4-6-10-20/h4-16,21,25H,3,17H2,1-2H3,(H,26,27)/p+1/t21-/m1/s1. The summed E-state index contributed by atoms with van der Waals surface area (Å²) in [5.41, 5.74) is 1.83.